The van der Waals surface area contributed by atoms with Crippen LogP contribution in [0, 0.1) is 0 Å². The molecule has 1 N–H and O–H groups in total. The maximum absolute atomic E-state index is 11.1. The highest BCUT2D eigenvalue weighted by Crippen LogP contribution is 2.32. The van der Waals surface area contributed by atoms with Gasteiger partial charge in [-0.25, -0.2) is 0 Å². The molecule has 3 aromatic carbocycles. The van der Waals surface area contributed by atoms with Crippen LogP contribution in [-0.4, -0.2) is 17.3 Å². The fraction of sp³-hybridized carbons (Fsp3) is 0.591. The molecule has 260 valence electrons. The van der Waals surface area contributed by atoms with Crippen LogP contribution in [0.15, 0.2) is 54.6 Å². The van der Waals surface area contributed by atoms with Crippen LogP contribution in [0.3, 0.4) is 0 Å². The molecule has 0 aliphatic carbocycles. The number of hydrogen-bond acceptors (Lipinski definition) is 3. The minimum atomic E-state index is -0.0703. The molecule has 0 bridgehead atoms. The number of rotatable bonds is 24. The molecule has 3 rings (SSSR count). The van der Waals surface area contributed by atoms with Crippen molar-refractivity contribution in [2.24, 2.45) is 0 Å². The maximum Gasteiger partial charge on any atom is 0.123 e. The summed E-state index contributed by atoms with van der Waals surface area (Å²) in [5, 5.41) is 11.1. The second kappa shape index (κ2) is 21.8. The van der Waals surface area contributed by atoms with Gasteiger partial charge in [0, 0.05) is 18.4 Å². The number of aryl methyl sites for hydroxylation is 2. The van der Waals surface area contributed by atoms with Gasteiger partial charge in [-0.05, 0) is 111 Å². The fourth-order valence-electron chi connectivity index (χ4n) is 6.88. The summed E-state index contributed by atoms with van der Waals surface area (Å²) >= 11 is 0. The monoisotopic (exact) mass is 643 g/mol. The van der Waals surface area contributed by atoms with E-state index < -0.39 is 0 Å². The molecule has 0 aromatic heterocycles. The molecule has 2 atom stereocenters. The third-order valence-corrected chi connectivity index (χ3v) is 9.52. The number of ether oxygens (including phenoxy) is 2. The van der Waals surface area contributed by atoms with E-state index in [1.54, 1.807) is 0 Å². The molecule has 0 saturated carbocycles. The average molecular weight is 643 g/mol. The number of aromatic hydroxyl groups is 1. The molecule has 3 heteroatoms. The van der Waals surface area contributed by atoms with Crippen molar-refractivity contribution in [1.82, 2.24) is 0 Å². The summed E-state index contributed by atoms with van der Waals surface area (Å²) in [4.78, 5) is 0. The predicted molar refractivity (Wildman–Crippen MR) is 201 cm³/mol. The lowest BCUT2D eigenvalue weighted by atomic mass is 9.95. The van der Waals surface area contributed by atoms with Crippen LogP contribution in [-0.2, 0) is 38.5 Å². The normalized spacial score (nSPS) is 12.6. The first-order valence-corrected chi connectivity index (χ1v) is 19.3. The summed E-state index contributed by atoms with van der Waals surface area (Å²) in [5.74, 6) is 2.40. The number of unbranched alkanes of at least 4 members (excludes halogenated alkanes) is 8. The largest absolute Gasteiger partial charge is 0.508 e. The third kappa shape index (κ3) is 12.9. The quantitative estimate of drug-likeness (QED) is 0.0988. The van der Waals surface area contributed by atoms with Crippen molar-refractivity contribution in [2.45, 2.75) is 169 Å². The molecule has 3 nitrogen and oxygen atoms in total. The lowest BCUT2D eigenvalue weighted by Gasteiger charge is -2.23. The molecule has 2 unspecified atom stereocenters. The van der Waals surface area contributed by atoms with Crippen LogP contribution in [0.4, 0.5) is 0 Å². The summed E-state index contributed by atoms with van der Waals surface area (Å²) in [5.41, 5.74) is 7.78. The van der Waals surface area contributed by atoms with E-state index in [0.717, 1.165) is 54.7 Å². The Morgan fingerprint density at radius 1 is 0.468 bits per heavy atom. The highest BCUT2D eigenvalue weighted by molar-refractivity contribution is 5.43. The molecule has 0 fully saturated rings. The van der Waals surface area contributed by atoms with Gasteiger partial charge in [0.15, 0.2) is 0 Å². The minimum Gasteiger partial charge on any atom is -0.508 e. The van der Waals surface area contributed by atoms with Crippen molar-refractivity contribution in [2.75, 3.05) is 0 Å². The van der Waals surface area contributed by atoms with Crippen LogP contribution >= 0.6 is 0 Å². The molecule has 3 aromatic rings. The zero-order chi connectivity index (χ0) is 33.9. The van der Waals surface area contributed by atoms with E-state index in [1.807, 2.05) is 12.1 Å². The third-order valence-electron chi connectivity index (χ3n) is 9.52. The Hall–Kier alpha value is -2.94. The molecule has 0 aliphatic rings. The van der Waals surface area contributed by atoms with Gasteiger partial charge in [0.1, 0.15) is 23.4 Å². The van der Waals surface area contributed by atoms with Crippen LogP contribution in [0.25, 0.3) is 0 Å². The van der Waals surface area contributed by atoms with E-state index in [1.165, 1.54) is 99.3 Å². The predicted octanol–water partition coefficient (Wildman–Crippen LogP) is 12.3. The van der Waals surface area contributed by atoms with Crippen LogP contribution in [0.5, 0.6) is 17.2 Å². The van der Waals surface area contributed by atoms with E-state index in [2.05, 4.69) is 84.0 Å². The van der Waals surface area contributed by atoms with Crippen molar-refractivity contribution in [3.63, 3.8) is 0 Å². The zero-order valence-corrected chi connectivity index (χ0v) is 30.8. The Kier molecular flexibility index (Phi) is 17.9. The molecular weight excluding hydrogens is 576 g/mol. The number of benzene rings is 3. The van der Waals surface area contributed by atoms with Crippen molar-refractivity contribution in [3.8, 4) is 17.2 Å². The Balaban J connectivity index is 1.76. The molecule has 0 aliphatic heterocycles. The molecule has 0 radical (unpaired) electrons. The van der Waals surface area contributed by atoms with Crippen LogP contribution in [0.2, 0.25) is 0 Å². The minimum absolute atomic E-state index is 0.0208. The van der Waals surface area contributed by atoms with Gasteiger partial charge in [0.25, 0.3) is 0 Å². The van der Waals surface area contributed by atoms with Crippen molar-refractivity contribution in [3.05, 3.63) is 88.0 Å². The molecule has 0 spiro atoms. The fourth-order valence-corrected chi connectivity index (χ4v) is 6.88. The molecular formula is C44H66O3. The molecule has 0 amide bonds. The van der Waals surface area contributed by atoms with Gasteiger partial charge >= 0.3 is 0 Å². The highest BCUT2D eigenvalue weighted by atomic mass is 16.5. The Morgan fingerprint density at radius 3 is 1.34 bits per heavy atom. The average Bonchev–Trinajstić information content (AvgIpc) is 3.05. The second-order valence-corrected chi connectivity index (χ2v) is 13.8. The van der Waals surface area contributed by atoms with E-state index in [-0.39, 0.29) is 12.2 Å². The Morgan fingerprint density at radius 2 is 0.872 bits per heavy atom. The maximum atomic E-state index is 11.1. The molecule has 0 heterocycles. The lowest BCUT2D eigenvalue weighted by Crippen LogP contribution is -2.20. The molecule has 47 heavy (non-hydrogen) atoms. The first-order valence-electron chi connectivity index (χ1n) is 19.3. The topological polar surface area (TPSA) is 38.7 Å². The van der Waals surface area contributed by atoms with E-state index in [4.69, 9.17) is 9.47 Å². The Bertz CT molecular complexity index is 1300. The van der Waals surface area contributed by atoms with Gasteiger partial charge in [-0.2, -0.15) is 0 Å². The van der Waals surface area contributed by atoms with Gasteiger partial charge in [0.05, 0.1) is 6.10 Å². The van der Waals surface area contributed by atoms with Gasteiger partial charge < -0.3 is 14.6 Å². The first-order chi connectivity index (χ1) is 22.9. The number of hydrogen-bond donors (Lipinski definition) is 1. The van der Waals surface area contributed by atoms with Crippen molar-refractivity contribution < 1.29 is 14.6 Å². The van der Waals surface area contributed by atoms with Gasteiger partial charge in [-0.1, -0.05) is 115 Å². The van der Waals surface area contributed by atoms with Crippen LogP contribution < -0.4 is 9.47 Å². The summed E-state index contributed by atoms with van der Waals surface area (Å²) < 4.78 is 13.4. The number of phenols is 1. The van der Waals surface area contributed by atoms with Crippen LogP contribution in [0.1, 0.15) is 152 Å². The SMILES string of the molecule is CCCCCc1cccc(OC(C)Cc2cccc(O)c2CC(C)Oc2cccc(CCCCC)c2CCCCC)c1CCCCC. The first kappa shape index (κ1) is 38.5. The van der Waals surface area contributed by atoms with Crippen molar-refractivity contribution >= 4 is 0 Å². The summed E-state index contributed by atoms with van der Waals surface area (Å²) in [6, 6.07) is 19.2. The standard InChI is InChI=1S/C44H66O3/c1-7-11-15-22-36-24-20-30-43(39(36)27-17-13-9-3)46-34(5)32-38-26-19-29-42(45)41(38)33-35(6)47-44-31-21-25-37(23-16-12-8-2)40(44)28-18-14-10-4/h19-21,24-26,29-31,34-35,45H,7-18,22-23,27-28,32-33H2,1-6H3. The number of phenolic OH excluding ortho intramolecular Hbond substituents is 1. The lowest BCUT2D eigenvalue weighted by molar-refractivity contribution is 0.212. The van der Waals surface area contributed by atoms with Gasteiger partial charge in [0.2, 0.25) is 0 Å². The smallest absolute Gasteiger partial charge is 0.123 e. The van der Waals surface area contributed by atoms with Crippen molar-refractivity contribution in [1.29, 1.82) is 0 Å². The van der Waals surface area contributed by atoms with E-state index in [0.29, 0.717) is 12.2 Å². The van der Waals surface area contributed by atoms with Gasteiger partial charge in [-0.3, -0.25) is 0 Å². The molecule has 0 saturated heterocycles. The summed E-state index contributed by atoms with van der Waals surface area (Å²) in [7, 11) is 0. The van der Waals surface area contributed by atoms with E-state index in [9.17, 15) is 5.11 Å². The summed E-state index contributed by atoms with van der Waals surface area (Å²) in [6.45, 7) is 13.4. The summed E-state index contributed by atoms with van der Waals surface area (Å²) in [6.07, 6.45) is 20.4. The second-order valence-electron chi connectivity index (χ2n) is 13.8. The zero-order valence-electron chi connectivity index (χ0n) is 30.8. The highest BCUT2D eigenvalue weighted by Gasteiger charge is 2.19. The van der Waals surface area contributed by atoms with Gasteiger partial charge in [-0.15, -0.1) is 0 Å². The van der Waals surface area contributed by atoms with E-state index >= 15 is 0 Å². The Labute approximate surface area is 288 Å².